The number of nitrogen functional groups attached to an aromatic ring is 1. The molecular weight excluding hydrogens is 371 g/mol. The first kappa shape index (κ1) is 17.4. The number of halogens is 3. The van der Waals surface area contributed by atoms with E-state index < -0.39 is 11.7 Å². The summed E-state index contributed by atoms with van der Waals surface area (Å²) in [6.07, 6.45) is -2.48. The lowest BCUT2D eigenvalue weighted by molar-refractivity contribution is -0.136. The van der Waals surface area contributed by atoms with Crippen LogP contribution in [0.1, 0.15) is 17.0 Å². The van der Waals surface area contributed by atoms with Crippen LogP contribution >= 0.6 is 23.1 Å². The molecule has 0 unspecified atom stereocenters. The topological polar surface area (TPSA) is 88.5 Å². The van der Waals surface area contributed by atoms with Crippen LogP contribution in [-0.4, -0.2) is 20.7 Å². The summed E-state index contributed by atoms with van der Waals surface area (Å²) >= 11 is 2.29. The minimum absolute atomic E-state index is 0.166. The van der Waals surface area contributed by atoms with Gasteiger partial charge in [-0.3, -0.25) is 4.98 Å². The van der Waals surface area contributed by atoms with Crippen molar-refractivity contribution in [2.45, 2.75) is 17.8 Å². The largest absolute Gasteiger partial charge is 0.417 e. The fraction of sp³-hybridized carbons (Fsp3) is 0.200. The number of aromatic nitrogens is 3. The van der Waals surface area contributed by atoms with Gasteiger partial charge in [-0.25, -0.2) is 9.97 Å². The number of hydrogen-bond acceptors (Lipinski definition) is 7. The molecule has 0 radical (unpaired) electrons. The van der Waals surface area contributed by atoms with Crippen molar-refractivity contribution in [3.63, 3.8) is 0 Å². The summed E-state index contributed by atoms with van der Waals surface area (Å²) in [6.45, 7) is 0. The number of rotatable bonds is 4. The molecule has 0 saturated carbocycles. The number of alkyl halides is 3. The predicted molar refractivity (Wildman–Crippen MR) is 90.2 cm³/mol. The van der Waals surface area contributed by atoms with Crippen molar-refractivity contribution in [2.24, 2.45) is 0 Å². The van der Waals surface area contributed by atoms with E-state index in [1.165, 1.54) is 30.1 Å². The summed E-state index contributed by atoms with van der Waals surface area (Å²) in [5.74, 6) is 0.694. The Morgan fingerprint density at radius 1 is 1.28 bits per heavy atom. The van der Waals surface area contributed by atoms with Crippen molar-refractivity contribution in [3.05, 3.63) is 40.7 Å². The van der Waals surface area contributed by atoms with E-state index in [0.717, 1.165) is 16.7 Å². The quantitative estimate of drug-likeness (QED) is 0.545. The molecule has 0 aromatic carbocycles. The van der Waals surface area contributed by atoms with E-state index in [1.54, 1.807) is 0 Å². The zero-order valence-corrected chi connectivity index (χ0v) is 14.2. The number of nitriles is 1. The third-order valence-corrected chi connectivity index (χ3v) is 5.03. The van der Waals surface area contributed by atoms with Crippen molar-refractivity contribution >= 4 is 39.0 Å². The van der Waals surface area contributed by atoms with Crippen molar-refractivity contribution in [2.75, 3.05) is 11.5 Å². The highest BCUT2D eigenvalue weighted by Crippen LogP contribution is 2.38. The Kier molecular flexibility index (Phi) is 4.78. The summed E-state index contributed by atoms with van der Waals surface area (Å²) < 4.78 is 39.5. The van der Waals surface area contributed by atoms with Crippen LogP contribution in [0.25, 0.3) is 10.1 Å². The first-order valence-corrected chi connectivity index (χ1v) is 8.84. The molecule has 5 nitrogen and oxygen atoms in total. The number of nitrogens with two attached hydrogens (primary N) is 1. The molecule has 0 amide bonds. The maximum absolute atomic E-state index is 13.0. The molecule has 3 aromatic heterocycles. The smallest absolute Gasteiger partial charge is 0.384 e. The Morgan fingerprint density at radius 3 is 2.80 bits per heavy atom. The molecule has 128 valence electrons. The van der Waals surface area contributed by atoms with Crippen molar-refractivity contribution < 1.29 is 13.2 Å². The molecule has 0 saturated heterocycles. The lowest BCUT2D eigenvalue weighted by Gasteiger charge is -2.06. The van der Waals surface area contributed by atoms with Crippen molar-refractivity contribution in [1.82, 2.24) is 15.0 Å². The van der Waals surface area contributed by atoms with Gasteiger partial charge < -0.3 is 5.73 Å². The monoisotopic (exact) mass is 381 g/mol. The number of pyridine rings is 1. The average Bonchev–Trinajstić information content (AvgIpc) is 2.97. The molecule has 0 spiro atoms. The molecule has 0 aliphatic carbocycles. The minimum atomic E-state index is -4.38. The van der Waals surface area contributed by atoms with Crippen molar-refractivity contribution in [3.8, 4) is 6.07 Å². The van der Waals surface area contributed by atoms with Crippen LogP contribution in [0.15, 0.2) is 28.9 Å². The Morgan fingerprint density at radius 2 is 2.08 bits per heavy atom. The Hall–Kier alpha value is -2.38. The number of thioether (sulfide) groups is 1. The van der Waals surface area contributed by atoms with Gasteiger partial charge in [0.2, 0.25) is 0 Å². The third kappa shape index (κ3) is 4.00. The minimum Gasteiger partial charge on any atom is -0.384 e. The summed E-state index contributed by atoms with van der Waals surface area (Å²) in [5.41, 5.74) is 5.67. The van der Waals surface area contributed by atoms with E-state index in [0.29, 0.717) is 27.7 Å². The maximum atomic E-state index is 13.0. The molecule has 2 N–H and O–H groups in total. The average molecular weight is 381 g/mol. The molecule has 3 heterocycles. The number of hydrogen-bond donors (Lipinski definition) is 1. The van der Waals surface area contributed by atoms with E-state index in [4.69, 9.17) is 11.0 Å². The van der Waals surface area contributed by atoms with Gasteiger partial charge in [0.15, 0.2) is 5.16 Å². The van der Waals surface area contributed by atoms with Gasteiger partial charge >= 0.3 is 6.18 Å². The van der Waals surface area contributed by atoms with Gasteiger partial charge in [-0.1, -0.05) is 11.8 Å². The van der Waals surface area contributed by atoms with Gasteiger partial charge in [0.25, 0.3) is 0 Å². The lowest BCUT2D eigenvalue weighted by atomic mass is 10.1. The van der Waals surface area contributed by atoms with Gasteiger partial charge in [-0.2, -0.15) is 18.4 Å². The lowest BCUT2D eigenvalue weighted by Crippen LogP contribution is -2.03. The zero-order valence-electron chi connectivity index (χ0n) is 12.5. The van der Waals surface area contributed by atoms with Gasteiger partial charge in [0.1, 0.15) is 17.6 Å². The summed E-state index contributed by atoms with van der Waals surface area (Å²) in [7, 11) is 0. The molecule has 0 aliphatic rings. The molecule has 0 atom stereocenters. The highest BCUT2D eigenvalue weighted by atomic mass is 32.2. The predicted octanol–water partition coefficient (Wildman–Crippen LogP) is 3.89. The van der Waals surface area contributed by atoms with Crippen LogP contribution in [0.5, 0.6) is 0 Å². The second-order valence-electron chi connectivity index (χ2n) is 4.99. The Labute approximate surface area is 148 Å². The van der Waals surface area contributed by atoms with Crippen LogP contribution in [0.2, 0.25) is 0 Å². The maximum Gasteiger partial charge on any atom is 0.417 e. The van der Waals surface area contributed by atoms with Gasteiger partial charge in [0, 0.05) is 34.5 Å². The molecule has 0 aliphatic heterocycles. The van der Waals surface area contributed by atoms with E-state index in [9.17, 15) is 13.2 Å². The standard InChI is InChI=1S/C15H10F3N5S2/c16-15(17,18)11-7-25-12-6-21-8(3-10(11)12)1-2-24-14-22-9(5-19)4-13(20)23-14/h3-4,6-7H,1-2H2,(H2,20,22,23). The highest BCUT2D eigenvalue weighted by molar-refractivity contribution is 7.99. The SMILES string of the molecule is N#Cc1cc(N)nc(SCCc2cc3c(C(F)(F)F)csc3cn2)n1. The van der Waals surface area contributed by atoms with E-state index in [1.807, 2.05) is 6.07 Å². The van der Waals surface area contributed by atoms with Crippen molar-refractivity contribution in [1.29, 1.82) is 5.26 Å². The van der Waals surface area contributed by atoms with Gasteiger partial charge in [-0.05, 0) is 12.5 Å². The van der Waals surface area contributed by atoms with Crippen LogP contribution in [0.4, 0.5) is 19.0 Å². The van der Waals surface area contributed by atoms with E-state index in [-0.39, 0.29) is 16.9 Å². The van der Waals surface area contributed by atoms with Gasteiger partial charge in [0.05, 0.1) is 10.3 Å². The number of aryl methyl sites for hydroxylation is 1. The molecular formula is C15H10F3N5S2. The fourth-order valence-corrected chi connectivity index (χ4v) is 3.89. The van der Waals surface area contributed by atoms with Crippen LogP contribution in [0, 0.1) is 11.3 Å². The number of fused-ring (bicyclic) bond motifs is 1. The second-order valence-corrected chi connectivity index (χ2v) is 6.96. The van der Waals surface area contributed by atoms with Crippen LogP contribution in [-0.2, 0) is 12.6 Å². The molecule has 0 bridgehead atoms. The summed E-state index contributed by atoms with van der Waals surface area (Å²) in [6, 6.07) is 4.73. The van der Waals surface area contributed by atoms with Crippen LogP contribution < -0.4 is 5.73 Å². The first-order chi connectivity index (χ1) is 11.9. The molecule has 10 heteroatoms. The first-order valence-electron chi connectivity index (χ1n) is 6.97. The van der Waals surface area contributed by atoms with Gasteiger partial charge in [-0.15, -0.1) is 11.3 Å². The third-order valence-electron chi connectivity index (χ3n) is 3.25. The zero-order chi connectivity index (χ0) is 18.0. The number of thiophene rings is 1. The Bertz CT molecular complexity index is 962. The number of anilines is 1. The normalized spacial score (nSPS) is 11.6. The molecule has 3 aromatic rings. The molecule has 25 heavy (non-hydrogen) atoms. The van der Waals surface area contributed by atoms with E-state index in [2.05, 4.69) is 15.0 Å². The van der Waals surface area contributed by atoms with Crippen LogP contribution in [0.3, 0.4) is 0 Å². The molecule has 0 fully saturated rings. The fourth-order valence-electron chi connectivity index (χ4n) is 2.14. The Balaban J connectivity index is 1.73. The van der Waals surface area contributed by atoms with E-state index >= 15 is 0 Å². The summed E-state index contributed by atoms with van der Waals surface area (Å²) in [4.78, 5) is 12.2. The second kappa shape index (κ2) is 6.85. The highest BCUT2D eigenvalue weighted by Gasteiger charge is 2.33. The summed E-state index contributed by atoms with van der Waals surface area (Å²) in [5, 5.41) is 10.5. The molecule has 3 rings (SSSR count). The number of nitrogens with zero attached hydrogens (tertiary/aromatic N) is 4.